The lowest BCUT2D eigenvalue weighted by molar-refractivity contribution is 0.0467. The summed E-state index contributed by atoms with van der Waals surface area (Å²) >= 11 is 0. The van der Waals surface area contributed by atoms with Gasteiger partial charge in [0.2, 0.25) is 0 Å². The van der Waals surface area contributed by atoms with E-state index in [-0.39, 0.29) is 0 Å². The predicted molar refractivity (Wildman–Crippen MR) is 88.2 cm³/mol. The van der Waals surface area contributed by atoms with E-state index in [1.807, 2.05) is 0 Å². The fraction of sp³-hybridized carbons (Fsp3) is 1.00. The number of piperazine rings is 1. The maximum atomic E-state index is 3.80. The molecule has 0 aromatic rings. The molecule has 1 saturated heterocycles. The van der Waals surface area contributed by atoms with Crippen LogP contribution in [0.4, 0.5) is 0 Å². The Kier molecular flexibility index (Phi) is 6.35. The standard InChI is InChI=1S/C18H36N2/c1-4-5-6-10-13-20-15-18(2,3)19-14-17(20)16-11-8-7-9-12-16/h16-17,19H,4-15H2,1-3H3. The third-order valence-electron chi connectivity index (χ3n) is 5.35. The molecule has 1 aliphatic heterocycles. The van der Waals surface area contributed by atoms with Crippen molar-refractivity contribution in [1.29, 1.82) is 0 Å². The Morgan fingerprint density at radius 1 is 1.05 bits per heavy atom. The van der Waals surface area contributed by atoms with Gasteiger partial charge in [0.1, 0.15) is 0 Å². The van der Waals surface area contributed by atoms with Crippen LogP contribution in [0.5, 0.6) is 0 Å². The van der Waals surface area contributed by atoms with Crippen molar-refractivity contribution >= 4 is 0 Å². The second-order valence-electron chi connectivity index (χ2n) is 7.76. The molecular weight excluding hydrogens is 244 g/mol. The van der Waals surface area contributed by atoms with Gasteiger partial charge in [0.25, 0.3) is 0 Å². The Bertz CT molecular complexity index is 269. The molecule has 0 aromatic carbocycles. The lowest BCUT2D eigenvalue weighted by Gasteiger charge is -2.48. The maximum Gasteiger partial charge on any atom is 0.0252 e. The summed E-state index contributed by atoms with van der Waals surface area (Å²) in [5.41, 5.74) is 0.302. The maximum absolute atomic E-state index is 3.80. The van der Waals surface area contributed by atoms with Gasteiger partial charge in [-0.1, -0.05) is 45.4 Å². The summed E-state index contributed by atoms with van der Waals surface area (Å²) in [6, 6.07) is 0.810. The van der Waals surface area contributed by atoms with Crippen molar-refractivity contribution in [3.05, 3.63) is 0 Å². The zero-order valence-electron chi connectivity index (χ0n) is 14.1. The highest BCUT2D eigenvalue weighted by molar-refractivity contribution is 4.95. The van der Waals surface area contributed by atoms with E-state index in [1.165, 1.54) is 77.4 Å². The van der Waals surface area contributed by atoms with Crippen LogP contribution in [0.15, 0.2) is 0 Å². The van der Waals surface area contributed by atoms with E-state index in [0.717, 1.165) is 12.0 Å². The van der Waals surface area contributed by atoms with Crippen LogP contribution >= 0.6 is 0 Å². The number of nitrogens with zero attached hydrogens (tertiary/aromatic N) is 1. The molecule has 1 N–H and O–H groups in total. The number of hydrogen-bond donors (Lipinski definition) is 1. The van der Waals surface area contributed by atoms with E-state index < -0.39 is 0 Å². The van der Waals surface area contributed by atoms with Gasteiger partial charge in [-0.15, -0.1) is 0 Å². The molecule has 20 heavy (non-hydrogen) atoms. The normalized spacial score (nSPS) is 28.6. The van der Waals surface area contributed by atoms with E-state index in [4.69, 9.17) is 0 Å². The van der Waals surface area contributed by atoms with Crippen LogP contribution < -0.4 is 5.32 Å². The summed E-state index contributed by atoms with van der Waals surface area (Å²) in [5.74, 6) is 0.957. The smallest absolute Gasteiger partial charge is 0.0252 e. The first-order chi connectivity index (χ1) is 9.62. The summed E-state index contributed by atoms with van der Waals surface area (Å²) in [4.78, 5) is 2.84. The van der Waals surface area contributed by atoms with Gasteiger partial charge in [0.05, 0.1) is 0 Å². The Labute approximate surface area is 126 Å². The Balaban J connectivity index is 1.88. The second-order valence-corrected chi connectivity index (χ2v) is 7.76. The first kappa shape index (κ1) is 16.3. The van der Waals surface area contributed by atoms with Gasteiger partial charge in [-0.2, -0.15) is 0 Å². The van der Waals surface area contributed by atoms with E-state index in [9.17, 15) is 0 Å². The monoisotopic (exact) mass is 280 g/mol. The molecule has 1 saturated carbocycles. The predicted octanol–water partition coefficient (Wildman–Crippen LogP) is 4.20. The van der Waals surface area contributed by atoms with Gasteiger partial charge in [-0.25, -0.2) is 0 Å². The van der Waals surface area contributed by atoms with Crippen LogP contribution in [0.1, 0.15) is 78.6 Å². The van der Waals surface area contributed by atoms with Gasteiger partial charge in [0.15, 0.2) is 0 Å². The van der Waals surface area contributed by atoms with E-state index in [2.05, 4.69) is 31.0 Å². The highest BCUT2D eigenvalue weighted by atomic mass is 15.2. The summed E-state index contributed by atoms with van der Waals surface area (Å²) in [6.07, 6.45) is 12.9. The topological polar surface area (TPSA) is 15.3 Å². The molecule has 118 valence electrons. The quantitative estimate of drug-likeness (QED) is 0.734. The van der Waals surface area contributed by atoms with Crippen molar-refractivity contribution < 1.29 is 0 Å². The molecule has 0 amide bonds. The fourth-order valence-corrected chi connectivity index (χ4v) is 4.16. The summed E-state index contributed by atoms with van der Waals surface area (Å²) in [6.45, 7) is 10.8. The molecule has 1 unspecified atom stereocenters. The summed E-state index contributed by atoms with van der Waals surface area (Å²) in [5, 5.41) is 3.80. The van der Waals surface area contributed by atoms with Gasteiger partial charge in [0, 0.05) is 24.7 Å². The van der Waals surface area contributed by atoms with Gasteiger partial charge < -0.3 is 5.32 Å². The molecule has 1 atom stereocenters. The van der Waals surface area contributed by atoms with Crippen molar-refractivity contribution in [1.82, 2.24) is 10.2 Å². The minimum atomic E-state index is 0.302. The minimum absolute atomic E-state index is 0.302. The molecule has 0 aromatic heterocycles. The molecule has 0 radical (unpaired) electrons. The van der Waals surface area contributed by atoms with Crippen LogP contribution in [0.25, 0.3) is 0 Å². The first-order valence-electron chi connectivity index (χ1n) is 9.11. The average molecular weight is 281 g/mol. The van der Waals surface area contributed by atoms with Crippen LogP contribution in [0, 0.1) is 5.92 Å². The number of rotatable bonds is 6. The zero-order valence-corrected chi connectivity index (χ0v) is 14.1. The lowest BCUT2D eigenvalue weighted by atomic mass is 9.81. The Hall–Kier alpha value is -0.0800. The largest absolute Gasteiger partial charge is 0.309 e. The zero-order chi connectivity index (χ0) is 14.4. The second kappa shape index (κ2) is 7.79. The number of unbranched alkanes of at least 4 members (excludes halogenated alkanes) is 3. The molecule has 0 spiro atoms. The Morgan fingerprint density at radius 3 is 2.50 bits per heavy atom. The third kappa shape index (κ3) is 4.73. The van der Waals surface area contributed by atoms with Crippen molar-refractivity contribution in [2.24, 2.45) is 5.92 Å². The third-order valence-corrected chi connectivity index (χ3v) is 5.35. The van der Waals surface area contributed by atoms with E-state index in [1.54, 1.807) is 0 Å². The van der Waals surface area contributed by atoms with E-state index >= 15 is 0 Å². The van der Waals surface area contributed by atoms with Gasteiger partial charge in [-0.3, -0.25) is 4.90 Å². The fourth-order valence-electron chi connectivity index (χ4n) is 4.16. The highest BCUT2D eigenvalue weighted by Gasteiger charge is 2.36. The molecule has 2 heteroatoms. The Morgan fingerprint density at radius 2 is 1.80 bits per heavy atom. The molecule has 2 nitrogen and oxygen atoms in total. The number of nitrogens with one attached hydrogen (secondary N) is 1. The van der Waals surface area contributed by atoms with Crippen LogP contribution in [0.2, 0.25) is 0 Å². The molecule has 2 fully saturated rings. The molecule has 2 rings (SSSR count). The average Bonchev–Trinajstić information content (AvgIpc) is 2.44. The van der Waals surface area contributed by atoms with Crippen molar-refractivity contribution in [3.63, 3.8) is 0 Å². The van der Waals surface area contributed by atoms with Gasteiger partial charge >= 0.3 is 0 Å². The van der Waals surface area contributed by atoms with Crippen LogP contribution in [0.3, 0.4) is 0 Å². The minimum Gasteiger partial charge on any atom is -0.309 e. The van der Waals surface area contributed by atoms with Crippen LogP contribution in [-0.4, -0.2) is 36.1 Å². The first-order valence-corrected chi connectivity index (χ1v) is 9.11. The van der Waals surface area contributed by atoms with Crippen molar-refractivity contribution in [2.75, 3.05) is 19.6 Å². The molecule has 1 heterocycles. The van der Waals surface area contributed by atoms with E-state index in [0.29, 0.717) is 5.54 Å². The molecule has 0 bridgehead atoms. The molecule has 2 aliphatic rings. The molecule has 1 aliphatic carbocycles. The summed E-state index contributed by atoms with van der Waals surface area (Å²) in [7, 11) is 0. The van der Waals surface area contributed by atoms with Crippen molar-refractivity contribution in [3.8, 4) is 0 Å². The highest BCUT2D eigenvalue weighted by Crippen LogP contribution is 2.31. The van der Waals surface area contributed by atoms with Crippen molar-refractivity contribution in [2.45, 2.75) is 90.1 Å². The lowest BCUT2D eigenvalue weighted by Crippen LogP contribution is -2.63. The van der Waals surface area contributed by atoms with Crippen LogP contribution in [-0.2, 0) is 0 Å². The van der Waals surface area contributed by atoms with Gasteiger partial charge in [-0.05, 0) is 45.6 Å². The molecular formula is C18H36N2. The number of hydrogen-bond acceptors (Lipinski definition) is 2. The summed E-state index contributed by atoms with van der Waals surface area (Å²) < 4.78 is 0. The SMILES string of the molecule is CCCCCCN1CC(C)(C)NCC1C1CCCCC1.